The smallest absolute Gasteiger partial charge is 0.256 e. The molecule has 0 bridgehead atoms. The van der Waals surface area contributed by atoms with Gasteiger partial charge in [0.1, 0.15) is 0 Å². The second kappa shape index (κ2) is 5.61. The first kappa shape index (κ1) is 13.9. The zero-order chi connectivity index (χ0) is 14.0. The van der Waals surface area contributed by atoms with Crippen molar-refractivity contribution in [3.8, 4) is 0 Å². The van der Waals surface area contributed by atoms with E-state index in [1.807, 2.05) is 30.9 Å². The Labute approximate surface area is 114 Å². The van der Waals surface area contributed by atoms with Crippen LogP contribution < -0.4 is 5.73 Å². The molecule has 1 aromatic rings. The largest absolute Gasteiger partial charge is 0.398 e. The fourth-order valence-electron chi connectivity index (χ4n) is 2.45. The summed E-state index contributed by atoms with van der Waals surface area (Å²) in [6.45, 7) is 7.22. The Morgan fingerprint density at radius 1 is 1.53 bits per heavy atom. The van der Waals surface area contributed by atoms with Crippen LogP contribution in [0.15, 0.2) is 18.2 Å². The number of carbonyl (C=O) groups is 1. The van der Waals surface area contributed by atoms with Gasteiger partial charge < -0.3 is 15.4 Å². The minimum atomic E-state index is 0.0169. The highest BCUT2D eigenvalue weighted by molar-refractivity contribution is 6.00. The summed E-state index contributed by atoms with van der Waals surface area (Å²) in [6.07, 6.45) is 0.974. The van der Waals surface area contributed by atoms with Crippen LogP contribution in [0.4, 0.5) is 5.69 Å². The number of rotatable bonds is 2. The Kier molecular flexibility index (Phi) is 4.10. The number of para-hydroxylation sites is 1. The maximum absolute atomic E-state index is 12.7. The van der Waals surface area contributed by atoms with Gasteiger partial charge in [-0.25, -0.2) is 0 Å². The maximum Gasteiger partial charge on any atom is 0.256 e. The van der Waals surface area contributed by atoms with Crippen LogP contribution in [0.5, 0.6) is 0 Å². The topological polar surface area (TPSA) is 55.6 Å². The van der Waals surface area contributed by atoms with E-state index in [-0.39, 0.29) is 18.1 Å². The van der Waals surface area contributed by atoms with Crippen LogP contribution in [0.3, 0.4) is 0 Å². The molecule has 1 amide bonds. The van der Waals surface area contributed by atoms with E-state index in [9.17, 15) is 4.79 Å². The van der Waals surface area contributed by atoms with E-state index >= 15 is 0 Å². The van der Waals surface area contributed by atoms with Gasteiger partial charge in [0, 0.05) is 12.2 Å². The molecule has 0 radical (unpaired) electrons. The normalized spacial score (nSPS) is 23.4. The Hall–Kier alpha value is -1.55. The molecular weight excluding hydrogens is 240 g/mol. The molecule has 2 unspecified atom stereocenters. The third-order valence-corrected chi connectivity index (χ3v) is 3.75. The molecule has 1 saturated heterocycles. The lowest BCUT2D eigenvalue weighted by Crippen LogP contribution is -2.51. The molecule has 4 nitrogen and oxygen atoms in total. The van der Waals surface area contributed by atoms with E-state index in [4.69, 9.17) is 10.5 Å². The summed E-state index contributed by atoms with van der Waals surface area (Å²) < 4.78 is 5.63. The minimum Gasteiger partial charge on any atom is -0.398 e. The monoisotopic (exact) mass is 262 g/mol. The molecule has 1 fully saturated rings. The van der Waals surface area contributed by atoms with Crippen LogP contribution in [0.25, 0.3) is 0 Å². The Morgan fingerprint density at radius 3 is 2.95 bits per heavy atom. The molecule has 0 spiro atoms. The second-order valence-electron chi connectivity index (χ2n) is 5.20. The molecule has 4 heteroatoms. The highest BCUT2D eigenvalue weighted by atomic mass is 16.5. The summed E-state index contributed by atoms with van der Waals surface area (Å²) in [7, 11) is 0. The number of benzene rings is 1. The van der Waals surface area contributed by atoms with E-state index in [2.05, 4.69) is 6.92 Å². The van der Waals surface area contributed by atoms with Crippen molar-refractivity contribution in [1.29, 1.82) is 0 Å². The van der Waals surface area contributed by atoms with Crippen LogP contribution in [-0.4, -0.2) is 36.1 Å². The van der Waals surface area contributed by atoms with Crippen molar-refractivity contribution < 1.29 is 9.53 Å². The number of amides is 1. The zero-order valence-corrected chi connectivity index (χ0v) is 11.8. The van der Waals surface area contributed by atoms with E-state index in [1.165, 1.54) is 0 Å². The van der Waals surface area contributed by atoms with E-state index in [0.29, 0.717) is 24.4 Å². The number of hydrogen-bond donors (Lipinski definition) is 1. The Bertz CT molecular complexity index is 473. The lowest BCUT2D eigenvalue weighted by atomic mass is 10.0. The van der Waals surface area contributed by atoms with Crippen LogP contribution in [0.2, 0.25) is 0 Å². The number of hydrogen-bond acceptors (Lipinski definition) is 3. The van der Waals surface area contributed by atoms with Crippen molar-refractivity contribution in [2.45, 2.75) is 39.3 Å². The van der Waals surface area contributed by atoms with Gasteiger partial charge in [0.05, 0.1) is 24.3 Å². The lowest BCUT2D eigenvalue weighted by molar-refractivity contribution is -0.0443. The number of nitrogens with zero attached hydrogens (tertiary/aromatic N) is 1. The predicted octanol–water partition coefficient (Wildman–Crippen LogP) is 2.22. The third-order valence-electron chi connectivity index (χ3n) is 3.75. The van der Waals surface area contributed by atoms with Crippen LogP contribution in [0.1, 0.15) is 36.2 Å². The van der Waals surface area contributed by atoms with Crippen LogP contribution in [-0.2, 0) is 4.74 Å². The summed E-state index contributed by atoms with van der Waals surface area (Å²) >= 11 is 0. The average molecular weight is 262 g/mol. The number of morpholine rings is 1. The van der Waals surface area contributed by atoms with E-state index in [0.717, 1.165) is 12.0 Å². The molecule has 2 rings (SSSR count). The summed E-state index contributed by atoms with van der Waals surface area (Å²) in [5.74, 6) is 0.0169. The highest BCUT2D eigenvalue weighted by Crippen LogP contribution is 2.22. The lowest BCUT2D eigenvalue weighted by Gasteiger charge is -2.38. The van der Waals surface area contributed by atoms with Gasteiger partial charge in [-0.2, -0.15) is 0 Å². The molecule has 1 aromatic carbocycles. The van der Waals surface area contributed by atoms with Gasteiger partial charge in [0.15, 0.2) is 0 Å². The molecule has 2 N–H and O–H groups in total. The molecule has 0 saturated carbocycles. The minimum absolute atomic E-state index is 0.0169. The number of carbonyl (C=O) groups excluding carboxylic acids is 1. The number of ether oxygens (including phenoxy) is 1. The highest BCUT2D eigenvalue weighted by Gasteiger charge is 2.30. The summed E-state index contributed by atoms with van der Waals surface area (Å²) in [5, 5.41) is 0. The number of anilines is 1. The van der Waals surface area contributed by atoms with Gasteiger partial charge in [-0.3, -0.25) is 4.79 Å². The van der Waals surface area contributed by atoms with Crippen molar-refractivity contribution in [2.24, 2.45) is 0 Å². The fraction of sp³-hybridized carbons (Fsp3) is 0.533. The quantitative estimate of drug-likeness (QED) is 0.831. The van der Waals surface area contributed by atoms with Gasteiger partial charge >= 0.3 is 0 Å². The van der Waals surface area contributed by atoms with Gasteiger partial charge in [0.2, 0.25) is 0 Å². The van der Waals surface area contributed by atoms with Crippen molar-refractivity contribution in [2.75, 3.05) is 18.9 Å². The summed E-state index contributed by atoms with van der Waals surface area (Å²) in [6, 6.07) is 5.75. The first-order valence-corrected chi connectivity index (χ1v) is 6.82. The van der Waals surface area contributed by atoms with Crippen LogP contribution >= 0.6 is 0 Å². The number of nitrogens with two attached hydrogens (primary N) is 1. The molecular formula is C15H22N2O2. The van der Waals surface area contributed by atoms with Crippen molar-refractivity contribution in [3.05, 3.63) is 29.3 Å². The zero-order valence-electron chi connectivity index (χ0n) is 11.8. The standard InChI is InChI=1S/C15H22N2O2/c1-4-12-9-19-11(3)8-17(12)15(18)13-7-5-6-10(2)14(13)16/h5-7,11-12H,4,8-9,16H2,1-3H3. The van der Waals surface area contributed by atoms with Gasteiger partial charge in [-0.1, -0.05) is 19.1 Å². The molecule has 104 valence electrons. The van der Waals surface area contributed by atoms with E-state index in [1.54, 1.807) is 6.07 Å². The van der Waals surface area contributed by atoms with Gasteiger partial charge in [-0.15, -0.1) is 0 Å². The number of aryl methyl sites for hydroxylation is 1. The fourth-order valence-corrected chi connectivity index (χ4v) is 2.45. The van der Waals surface area contributed by atoms with Crippen LogP contribution in [0, 0.1) is 6.92 Å². The van der Waals surface area contributed by atoms with Crippen molar-refractivity contribution in [3.63, 3.8) is 0 Å². The van der Waals surface area contributed by atoms with Crippen molar-refractivity contribution >= 4 is 11.6 Å². The predicted molar refractivity (Wildman–Crippen MR) is 76.1 cm³/mol. The molecule has 1 aliphatic rings. The maximum atomic E-state index is 12.7. The Morgan fingerprint density at radius 2 is 2.26 bits per heavy atom. The van der Waals surface area contributed by atoms with Gasteiger partial charge in [0.25, 0.3) is 5.91 Å². The molecule has 19 heavy (non-hydrogen) atoms. The molecule has 1 aliphatic heterocycles. The van der Waals surface area contributed by atoms with Gasteiger partial charge in [-0.05, 0) is 31.9 Å². The summed E-state index contributed by atoms with van der Waals surface area (Å²) in [5.41, 5.74) is 8.17. The third kappa shape index (κ3) is 2.73. The number of nitrogen functional groups attached to an aromatic ring is 1. The first-order chi connectivity index (χ1) is 9.04. The molecule has 0 aliphatic carbocycles. The SMILES string of the molecule is CCC1COC(C)CN1C(=O)c1cccc(C)c1N. The first-order valence-electron chi connectivity index (χ1n) is 6.82. The molecule has 2 atom stereocenters. The van der Waals surface area contributed by atoms with Crippen molar-refractivity contribution in [1.82, 2.24) is 4.90 Å². The molecule has 0 aromatic heterocycles. The average Bonchev–Trinajstić information content (AvgIpc) is 2.41. The summed E-state index contributed by atoms with van der Waals surface area (Å²) in [4.78, 5) is 14.6. The Balaban J connectivity index is 2.28. The molecule has 1 heterocycles. The van der Waals surface area contributed by atoms with E-state index < -0.39 is 0 Å². The second-order valence-corrected chi connectivity index (χ2v) is 5.20.